The highest BCUT2D eigenvalue weighted by Gasteiger charge is 2.13. The van der Waals surface area contributed by atoms with Crippen LogP contribution in [0.3, 0.4) is 0 Å². The molecule has 1 aromatic heterocycles. The molecule has 0 amide bonds. The Hall–Kier alpha value is -1.44. The first kappa shape index (κ1) is 10.7. The van der Waals surface area contributed by atoms with Crippen LogP contribution >= 0.6 is 0 Å². The molecule has 1 fully saturated rings. The summed E-state index contributed by atoms with van der Waals surface area (Å²) < 4.78 is 11.0. The normalized spacial score (nSPS) is 17.4. The van der Waals surface area contributed by atoms with Gasteiger partial charge in [0.15, 0.2) is 0 Å². The van der Waals surface area contributed by atoms with E-state index in [9.17, 15) is 0 Å². The quantitative estimate of drug-likeness (QED) is 0.780. The molecule has 0 unspecified atom stereocenters. The van der Waals surface area contributed by atoms with Crippen LogP contribution in [0.4, 0.5) is 0 Å². The van der Waals surface area contributed by atoms with Gasteiger partial charge in [0.2, 0.25) is 0 Å². The summed E-state index contributed by atoms with van der Waals surface area (Å²) in [6, 6.07) is 6.14. The van der Waals surface area contributed by atoms with Gasteiger partial charge in [0.1, 0.15) is 5.75 Å². The second kappa shape index (κ2) is 4.82. The lowest BCUT2D eigenvalue weighted by Gasteiger charge is -2.21. The topological polar surface area (TPSA) is 22.4 Å². The number of furan rings is 1. The maximum Gasteiger partial charge on any atom is 0.120 e. The van der Waals surface area contributed by atoms with Gasteiger partial charge >= 0.3 is 0 Å². The zero-order chi connectivity index (χ0) is 11.5. The molecule has 0 saturated heterocycles. The number of hydrogen-bond acceptors (Lipinski definition) is 2. The minimum Gasteiger partial charge on any atom is -0.493 e. The minimum absolute atomic E-state index is 0.754. The lowest BCUT2D eigenvalue weighted by atomic mass is 9.90. The van der Waals surface area contributed by atoms with E-state index in [1.54, 1.807) is 12.5 Å². The molecule has 0 bridgehead atoms. The van der Waals surface area contributed by atoms with Gasteiger partial charge in [-0.1, -0.05) is 19.3 Å². The van der Waals surface area contributed by atoms with Crippen LogP contribution in [-0.4, -0.2) is 6.61 Å². The van der Waals surface area contributed by atoms with Gasteiger partial charge in [-0.15, -0.1) is 0 Å². The summed E-state index contributed by atoms with van der Waals surface area (Å²) >= 11 is 0. The predicted octanol–water partition coefficient (Wildman–Crippen LogP) is 4.39. The third kappa shape index (κ3) is 2.46. The second-order valence-electron chi connectivity index (χ2n) is 4.98. The number of benzene rings is 1. The van der Waals surface area contributed by atoms with Crippen molar-refractivity contribution >= 4 is 10.8 Å². The summed E-state index contributed by atoms with van der Waals surface area (Å²) in [5.41, 5.74) is 0. The smallest absolute Gasteiger partial charge is 0.120 e. The van der Waals surface area contributed by atoms with Gasteiger partial charge < -0.3 is 9.15 Å². The Morgan fingerprint density at radius 2 is 1.88 bits per heavy atom. The molecule has 0 atom stereocenters. The highest BCUT2D eigenvalue weighted by Crippen LogP contribution is 2.26. The van der Waals surface area contributed by atoms with E-state index >= 15 is 0 Å². The van der Waals surface area contributed by atoms with E-state index in [2.05, 4.69) is 12.1 Å². The van der Waals surface area contributed by atoms with Crippen LogP contribution in [0, 0.1) is 5.92 Å². The maximum absolute atomic E-state index is 5.88. The summed E-state index contributed by atoms with van der Waals surface area (Å²) in [4.78, 5) is 0. The van der Waals surface area contributed by atoms with Crippen molar-refractivity contribution in [2.24, 2.45) is 5.92 Å². The van der Waals surface area contributed by atoms with Gasteiger partial charge in [-0.25, -0.2) is 0 Å². The predicted molar refractivity (Wildman–Crippen MR) is 68.3 cm³/mol. The molecule has 0 radical (unpaired) electrons. The molecular weight excluding hydrogens is 212 g/mol. The molecule has 2 aromatic rings. The zero-order valence-corrected chi connectivity index (χ0v) is 10.0. The Kier molecular flexibility index (Phi) is 3.04. The number of hydrogen-bond donors (Lipinski definition) is 0. The van der Waals surface area contributed by atoms with Gasteiger partial charge in [0.25, 0.3) is 0 Å². The standard InChI is InChI=1S/C15H18O2/c1-2-4-12(5-3-1)9-17-15-7-6-13-10-16-11-14(13)8-15/h6-8,10-12H,1-5,9H2. The second-order valence-corrected chi connectivity index (χ2v) is 4.98. The Morgan fingerprint density at radius 1 is 1.06 bits per heavy atom. The van der Waals surface area contributed by atoms with Crippen LogP contribution in [0.1, 0.15) is 32.1 Å². The fourth-order valence-corrected chi connectivity index (χ4v) is 2.60. The molecule has 0 N–H and O–H groups in total. The largest absolute Gasteiger partial charge is 0.493 e. The Bertz CT molecular complexity index is 480. The molecule has 2 heteroatoms. The minimum atomic E-state index is 0.754. The van der Waals surface area contributed by atoms with Crippen molar-refractivity contribution in [2.75, 3.05) is 6.61 Å². The average molecular weight is 230 g/mol. The first-order valence-electron chi connectivity index (χ1n) is 6.50. The van der Waals surface area contributed by atoms with E-state index in [1.807, 2.05) is 6.07 Å². The van der Waals surface area contributed by atoms with Crippen molar-refractivity contribution in [3.8, 4) is 5.75 Å². The van der Waals surface area contributed by atoms with E-state index in [-0.39, 0.29) is 0 Å². The molecule has 1 saturated carbocycles. The number of ether oxygens (including phenoxy) is 1. The third-order valence-corrected chi connectivity index (χ3v) is 3.66. The summed E-state index contributed by atoms with van der Waals surface area (Å²) in [7, 11) is 0. The van der Waals surface area contributed by atoms with Crippen LogP contribution in [0.25, 0.3) is 10.8 Å². The molecule has 1 aliphatic rings. The first-order valence-corrected chi connectivity index (χ1v) is 6.50. The lowest BCUT2D eigenvalue weighted by Crippen LogP contribution is -2.15. The van der Waals surface area contributed by atoms with Crippen molar-refractivity contribution in [1.82, 2.24) is 0 Å². The van der Waals surface area contributed by atoms with Crippen molar-refractivity contribution < 1.29 is 9.15 Å². The Morgan fingerprint density at radius 3 is 2.76 bits per heavy atom. The molecule has 1 aliphatic carbocycles. The monoisotopic (exact) mass is 230 g/mol. The number of fused-ring (bicyclic) bond motifs is 1. The highest BCUT2D eigenvalue weighted by molar-refractivity contribution is 5.82. The Balaban J connectivity index is 1.63. The molecule has 3 rings (SSSR count). The van der Waals surface area contributed by atoms with Gasteiger partial charge in [-0.2, -0.15) is 0 Å². The fourth-order valence-electron chi connectivity index (χ4n) is 2.60. The van der Waals surface area contributed by atoms with Crippen LogP contribution in [0.5, 0.6) is 5.75 Å². The van der Waals surface area contributed by atoms with Crippen LogP contribution in [0.15, 0.2) is 35.1 Å². The van der Waals surface area contributed by atoms with Crippen molar-refractivity contribution in [2.45, 2.75) is 32.1 Å². The lowest BCUT2D eigenvalue weighted by molar-refractivity contribution is 0.209. The summed E-state index contributed by atoms with van der Waals surface area (Å²) in [6.07, 6.45) is 10.3. The number of rotatable bonds is 3. The van der Waals surface area contributed by atoms with E-state index in [0.29, 0.717) is 0 Å². The molecule has 1 aromatic carbocycles. The van der Waals surface area contributed by atoms with E-state index in [4.69, 9.17) is 9.15 Å². The Labute approximate surface area is 102 Å². The van der Waals surface area contributed by atoms with Crippen LogP contribution in [-0.2, 0) is 0 Å². The molecule has 1 heterocycles. The molecule has 0 aliphatic heterocycles. The van der Waals surface area contributed by atoms with Gasteiger partial charge in [-0.05, 0) is 37.0 Å². The molecular formula is C15H18O2. The molecule has 2 nitrogen and oxygen atoms in total. The zero-order valence-electron chi connectivity index (χ0n) is 10.0. The van der Waals surface area contributed by atoms with Crippen LogP contribution < -0.4 is 4.74 Å². The summed E-state index contributed by atoms with van der Waals surface area (Å²) in [5.74, 6) is 1.72. The van der Waals surface area contributed by atoms with E-state index < -0.39 is 0 Å². The van der Waals surface area contributed by atoms with E-state index in [1.165, 1.54) is 32.1 Å². The van der Waals surface area contributed by atoms with E-state index in [0.717, 1.165) is 29.0 Å². The van der Waals surface area contributed by atoms with Gasteiger partial charge in [0.05, 0.1) is 19.1 Å². The fraction of sp³-hybridized carbons (Fsp3) is 0.467. The third-order valence-electron chi connectivity index (χ3n) is 3.66. The highest BCUT2D eigenvalue weighted by atomic mass is 16.5. The SMILES string of the molecule is c1cc2cocc2cc1OCC1CCCCC1. The first-order chi connectivity index (χ1) is 8.42. The van der Waals surface area contributed by atoms with Gasteiger partial charge in [-0.3, -0.25) is 0 Å². The summed E-state index contributed by atoms with van der Waals surface area (Å²) in [6.45, 7) is 0.864. The van der Waals surface area contributed by atoms with Crippen molar-refractivity contribution in [1.29, 1.82) is 0 Å². The maximum atomic E-state index is 5.88. The average Bonchev–Trinajstić information content (AvgIpc) is 2.85. The van der Waals surface area contributed by atoms with Crippen molar-refractivity contribution in [3.05, 3.63) is 30.7 Å². The molecule has 17 heavy (non-hydrogen) atoms. The van der Waals surface area contributed by atoms with Crippen molar-refractivity contribution in [3.63, 3.8) is 0 Å². The van der Waals surface area contributed by atoms with Crippen LogP contribution in [0.2, 0.25) is 0 Å². The summed E-state index contributed by atoms with van der Waals surface area (Å²) in [5, 5.41) is 2.25. The molecule has 0 spiro atoms. The van der Waals surface area contributed by atoms with Gasteiger partial charge in [0, 0.05) is 10.8 Å². The molecule has 90 valence electrons.